The minimum Gasteiger partial charge on any atom is -0.481 e. The molecule has 0 aromatic carbocycles. The molecule has 0 saturated carbocycles. The Morgan fingerprint density at radius 2 is 2.00 bits per heavy atom. The van der Waals surface area contributed by atoms with Gasteiger partial charge < -0.3 is 15.7 Å². The van der Waals surface area contributed by atoms with E-state index in [1.807, 2.05) is 0 Å². The van der Waals surface area contributed by atoms with Crippen LogP contribution in [0, 0.1) is 5.92 Å². The molecule has 2 atom stereocenters. The Bertz CT molecular complexity index is 354. The fourth-order valence-electron chi connectivity index (χ4n) is 2.20. The van der Waals surface area contributed by atoms with Gasteiger partial charge in [0.25, 0.3) is 0 Å². The number of Topliss-reactive ketones (excluding diaryl/α,β-unsaturated/α-hetero) is 1. The average Bonchev–Trinajstić information content (AvgIpc) is 2.74. The number of hydrogen-bond donors (Lipinski definition) is 2. The van der Waals surface area contributed by atoms with Gasteiger partial charge in [-0.3, -0.25) is 14.4 Å². The highest BCUT2D eigenvalue weighted by Crippen LogP contribution is 2.21. The molecule has 6 nitrogen and oxygen atoms in total. The number of aliphatic carboxylic acids is 1. The summed E-state index contributed by atoms with van der Waals surface area (Å²) in [4.78, 5) is 35.9. The number of carboxylic acid groups (broad SMARTS) is 1. The number of carbonyl (C=O) groups is 3. The summed E-state index contributed by atoms with van der Waals surface area (Å²) in [5.41, 5.74) is 5.55. The van der Waals surface area contributed by atoms with Gasteiger partial charge >= 0.3 is 5.97 Å². The SMILES string of the molecule is CC(C)C(=O)C1CCCN1C(=O)[C@@H](N)CC(=O)O. The molecule has 0 spiro atoms. The number of nitrogens with two attached hydrogens (primary N) is 1. The normalized spacial score (nSPS) is 21.1. The van der Waals surface area contributed by atoms with Crippen LogP contribution in [-0.4, -0.2) is 46.3 Å². The molecule has 1 rings (SSSR count). The van der Waals surface area contributed by atoms with E-state index in [1.54, 1.807) is 13.8 Å². The number of hydrogen-bond acceptors (Lipinski definition) is 4. The lowest BCUT2D eigenvalue weighted by Crippen LogP contribution is -2.49. The van der Waals surface area contributed by atoms with Crippen LogP contribution >= 0.6 is 0 Å². The van der Waals surface area contributed by atoms with Crippen molar-refractivity contribution in [3.8, 4) is 0 Å². The Morgan fingerprint density at radius 3 is 2.50 bits per heavy atom. The maximum Gasteiger partial charge on any atom is 0.305 e. The zero-order chi connectivity index (χ0) is 13.9. The largest absolute Gasteiger partial charge is 0.481 e. The van der Waals surface area contributed by atoms with Crippen LogP contribution in [0.15, 0.2) is 0 Å². The number of nitrogens with zero attached hydrogens (tertiary/aromatic N) is 1. The molecule has 0 aromatic rings. The van der Waals surface area contributed by atoms with E-state index in [9.17, 15) is 14.4 Å². The van der Waals surface area contributed by atoms with Crippen molar-refractivity contribution in [2.45, 2.75) is 45.2 Å². The van der Waals surface area contributed by atoms with Gasteiger partial charge in [0, 0.05) is 12.5 Å². The first-order valence-electron chi connectivity index (χ1n) is 6.16. The third-order valence-corrected chi connectivity index (χ3v) is 3.15. The Morgan fingerprint density at radius 1 is 1.39 bits per heavy atom. The first-order chi connectivity index (χ1) is 8.34. The van der Waals surface area contributed by atoms with Crippen molar-refractivity contribution in [3.05, 3.63) is 0 Å². The maximum absolute atomic E-state index is 12.0. The molecule has 0 bridgehead atoms. The van der Waals surface area contributed by atoms with Gasteiger partial charge in [0.15, 0.2) is 5.78 Å². The van der Waals surface area contributed by atoms with E-state index in [0.717, 1.165) is 6.42 Å². The molecule has 1 unspecified atom stereocenters. The van der Waals surface area contributed by atoms with Gasteiger partial charge in [0.05, 0.1) is 18.5 Å². The zero-order valence-corrected chi connectivity index (χ0v) is 10.8. The molecule has 18 heavy (non-hydrogen) atoms. The molecule has 0 aliphatic carbocycles. The molecule has 1 heterocycles. The summed E-state index contributed by atoms with van der Waals surface area (Å²) in [5.74, 6) is -1.67. The van der Waals surface area contributed by atoms with Gasteiger partial charge in [0.2, 0.25) is 5.91 Å². The minimum absolute atomic E-state index is 0.0170. The predicted molar refractivity (Wildman–Crippen MR) is 64.8 cm³/mol. The van der Waals surface area contributed by atoms with Gasteiger partial charge in [0.1, 0.15) is 0 Å². The number of amides is 1. The number of carbonyl (C=O) groups excluding carboxylic acids is 2. The Labute approximate surface area is 106 Å². The summed E-state index contributed by atoms with van der Waals surface area (Å²) in [6, 6.07) is -1.50. The quantitative estimate of drug-likeness (QED) is 0.721. The summed E-state index contributed by atoms with van der Waals surface area (Å²) >= 11 is 0. The third-order valence-electron chi connectivity index (χ3n) is 3.15. The summed E-state index contributed by atoms with van der Waals surface area (Å²) in [6.45, 7) is 4.07. The molecule has 1 saturated heterocycles. The monoisotopic (exact) mass is 256 g/mol. The Kier molecular flexibility index (Phi) is 4.84. The van der Waals surface area contributed by atoms with Gasteiger partial charge in [-0.05, 0) is 12.8 Å². The Hall–Kier alpha value is -1.43. The second-order valence-electron chi connectivity index (χ2n) is 4.95. The topological polar surface area (TPSA) is 101 Å². The molecule has 102 valence electrons. The van der Waals surface area contributed by atoms with Crippen LogP contribution in [0.1, 0.15) is 33.1 Å². The van der Waals surface area contributed by atoms with Crippen molar-refractivity contribution in [1.29, 1.82) is 0 Å². The molecule has 1 fully saturated rings. The van der Waals surface area contributed by atoms with E-state index in [-0.39, 0.29) is 11.7 Å². The lowest BCUT2D eigenvalue weighted by atomic mass is 9.99. The van der Waals surface area contributed by atoms with Crippen molar-refractivity contribution < 1.29 is 19.5 Å². The number of carboxylic acids is 1. The summed E-state index contributed by atoms with van der Waals surface area (Å²) in [6.07, 6.45) is 0.995. The second-order valence-corrected chi connectivity index (χ2v) is 4.95. The Balaban J connectivity index is 2.72. The van der Waals surface area contributed by atoms with Gasteiger partial charge in [-0.1, -0.05) is 13.8 Å². The van der Waals surface area contributed by atoms with Crippen molar-refractivity contribution in [2.75, 3.05) is 6.54 Å². The summed E-state index contributed by atoms with van der Waals surface area (Å²) in [7, 11) is 0. The van der Waals surface area contributed by atoms with Gasteiger partial charge in [-0.2, -0.15) is 0 Å². The fraction of sp³-hybridized carbons (Fsp3) is 0.750. The predicted octanol–water partition coefficient (Wildman–Crippen LogP) is 0.00450. The first-order valence-corrected chi connectivity index (χ1v) is 6.16. The van der Waals surface area contributed by atoms with E-state index < -0.39 is 30.4 Å². The van der Waals surface area contributed by atoms with E-state index >= 15 is 0 Å². The fourth-order valence-corrected chi connectivity index (χ4v) is 2.20. The highest BCUT2D eigenvalue weighted by atomic mass is 16.4. The van der Waals surface area contributed by atoms with Crippen LogP contribution in [0.5, 0.6) is 0 Å². The van der Waals surface area contributed by atoms with E-state index in [0.29, 0.717) is 13.0 Å². The van der Waals surface area contributed by atoms with Crippen LogP contribution in [-0.2, 0) is 14.4 Å². The molecule has 6 heteroatoms. The second kappa shape index (κ2) is 5.95. The van der Waals surface area contributed by atoms with Crippen LogP contribution in [0.25, 0.3) is 0 Å². The first kappa shape index (κ1) is 14.6. The number of rotatable bonds is 5. The van der Waals surface area contributed by atoms with E-state index in [4.69, 9.17) is 10.8 Å². The van der Waals surface area contributed by atoms with Crippen molar-refractivity contribution in [2.24, 2.45) is 11.7 Å². The van der Waals surface area contributed by atoms with E-state index in [2.05, 4.69) is 0 Å². The molecule has 1 aliphatic rings. The van der Waals surface area contributed by atoms with Crippen molar-refractivity contribution in [3.63, 3.8) is 0 Å². The smallest absolute Gasteiger partial charge is 0.305 e. The molecule has 0 radical (unpaired) electrons. The lowest BCUT2D eigenvalue weighted by Gasteiger charge is -2.27. The van der Waals surface area contributed by atoms with Crippen LogP contribution in [0.2, 0.25) is 0 Å². The summed E-state index contributed by atoms with van der Waals surface area (Å²) in [5, 5.41) is 8.62. The van der Waals surface area contributed by atoms with Crippen LogP contribution in [0.3, 0.4) is 0 Å². The van der Waals surface area contributed by atoms with Crippen LogP contribution < -0.4 is 5.73 Å². The highest BCUT2D eigenvalue weighted by Gasteiger charge is 2.37. The molecule has 1 amide bonds. The summed E-state index contributed by atoms with van der Waals surface area (Å²) < 4.78 is 0. The standard InChI is InChI=1S/C12H20N2O4/c1-7(2)11(17)9-4-3-5-14(9)12(18)8(13)6-10(15)16/h7-9H,3-6,13H2,1-2H3,(H,15,16)/t8-,9?/m0/s1. The van der Waals surface area contributed by atoms with Gasteiger partial charge in [-0.15, -0.1) is 0 Å². The average molecular weight is 256 g/mol. The third kappa shape index (κ3) is 3.29. The molecule has 1 aliphatic heterocycles. The number of ketones is 1. The minimum atomic E-state index is -1.11. The maximum atomic E-state index is 12.0. The molecule has 3 N–H and O–H groups in total. The van der Waals surface area contributed by atoms with Crippen molar-refractivity contribution in [1.82, 2.24) is 4.90 Å². The molecule has 0 aromatic heterocycles. The highest BCUT2D eigenvalue weighted by molar-refractivity contribution is 5.93. The molecular formula is C12H20N2O4. The van der Waals surface area contributed by atoms with Gasteiger partial charge in [-0.25, -0.2) is 0 Å². The lowest BCUT2D eigenvalue weighted by molar-refractivity contribution is -0.144. The number of likely N-dealkylation sites (tertiary alicyclic amines) is 1. The zero-order valence-electron chi connectivity index (χ0n) is 10.8. The van der Waals surface area contributed by atoms with E-state index in [1.165, 1.54) is 4.90 Å². The van der Waals surface area contributed by atoms with Crippen molar-refractivity contribution >= 4 is 17.7 Å². The molecular weight excluding hydrogens is 236 g/mol. The van der Waals surface area contributed by atoms with Crippen LogP contribution in [0.4, 0.5) is 0 Å².